The molecule has 1 heterocycles. The largest absolute Gasteiger partial charge is 0.507 e. The number of nitrogens with one attached hydrogen (secondary N) is 1. The molecule has 0 radical (unpaired) electrons. The van der Waals surface area contributed by atoms with Gasteiger partial charge in [0.25, 0.3) is 10.0 Å². The van der Waals surface area contributed by atoms with E-state index in [9.17, 15) is 13.5 Å². The Bertz CT molecular complexity index is 1720. The van der Waals surface area contributed by atoms with Crippen LogP contribution >= 0.6 is 0 Å². The summed E-state index contributed by atoms with van der Waals surface area (Å²) in [5.41, 5.74) is 5.07. The monoisotopic (exact) mass is 510 g/mol. The maximum Gasteiger partial charge on any atom is 0.261 e. The van der Waals surface area contributed by atoms with Crippen LogP contribution in [0.5, 0.6) is 5.75 Å². The molecule has 0 aliphatic carbocycles. The number of para-hydroxylation sites is 2. The fourth-order valence-electron chi connectivity index (χ4n) is 4.15. The lowest BCUT2D eigenvalue weighted by Gasteiger charge is -2.14. The first-order valence-electron chi connectivity index (χ1n) is 11.9. The van der Waals surface area contributed by atoms with Crippen LogP contribution in [0.1, 0.15) is 18.1 Å². The Morgan fingerprint density at radius 1 is 0.973 bits per heavy atom. The molecule has 5 aromatic rings. The van der Waals surface area contributed by atoms with Crippen LogP contribution in [0.25, 0.3) is 22.4 Å². The Balaban J connectivity index is 1.53. The summed E-state index contributed by atoms with van der Waals surface area (Å²) >= 11 is 0. The van der Waals surface area contributed by atoms with Crippen LogP contribution in [-0.2, 0) is 16.6 Å². The third-order valence-electron chi connectivity index (χ3n) is 6.08. The van der Waals surface area contributed by atoms with E-state index in [1.807, 2.05) is 54.8 Å². The first kappa shape index (κ1) is 24.3. The number of benzene rings is 4. The molecule has 186 valence electrons. The third-order valence-corrected chi connectivity index (χ3v) is 7.46. The molecule has 0 aliphatic rings. The number of aromatic nitrogens is 2. The van der Waals surface area contributed by atoms with Gasteiger partial charge in [0, 0.05) is 23.9 Å². The molecule has 2 N–H and O–H groups in total. The summed E-state index contributed by atoms with van der Waals surface area (Å²) in [6.07, 6.45) is 1.61. The number of hydrogen-bond donors (Lipinski definition) is 2. The van der Waals surface area contributed by atoms with Gasteiger partial charge in [-0.3, -0.25) is 9.71 Å². The standard InChI is InChI=1S/C29H26N4O3S/c1-3-33-27-17-14-22(30-19-21-8-4-7-11-28(21)34)18-26(27)31-29(33)24-9-5-6-10-25(24)32-37(35,36)23-15-12-20(2)13-16-23/h4-19,32,34H,3H2,1-2H3. The van der Waals surface area contributed by atoms with Crippen LogP contribution in [0.15, 0.2) is 101 Å². The predicted molar refractivity (Wildman–Crippen MR) is 148 cm³/mol. The molecule has 0 aliphatic heterocycles. The highest BCUT2D eigenvalue weighted by molar-refractivity contribution is 7.92. The fourth-order valence-corrected chi connectivity index (χ4v) is 5.23. The second-order valence-corrected chi connectivity index (χ2v) is 10.3. The number of fused-ring (bicyclic) bond motifs is 1. The number of anilines is 1. The lowest BCUT2D eigenvalue weighted by molar-refractivity contribution is 0.474. The second-order valence-electron chi connectivity index (χ2n) is 8.63. The van der Waals surface area contributed by atoms with E-state index in [4.69, 9.17) is 4.98 Å². The molecule has 7 nitrogen and oxygen atoms in total. The van der Waals surface area contributed by atoms with Gasteiger partial charge in [0.05, 0.1) is 27.3 Å². The molecule has 1 aromatic heterocycles. The SMILES string of the molecule is CCn1c(-c2ccccc2NS(=O)(=O)c2ccc(C)cc2)nc2cc(N=Cc3ccccc3O)ccc21. The van der Waals surface area contributed by atoms with Gasteiger partial charge in [0.2, 0.25) is 0 Å². The van der Waals surface area contributed by atoms with Gasteiger partial charge in [-0.1, -0.05) is 42.0 Å². The average molecular weight is 511 g/mol. The first-order valence-corrected chi connectivity index (χ1v) is 13.4. The summed E-state index contributed by atoms with van der Waals surface area (Å²) in [5.74, 6) is 0.816. The van der Waals surface area contributed by atoms with Gasteiger partial charge in [0.1, 0.15) is 11.6 Å². The van der Waals surface area contributed by atoms with Gasteiger partial charge in [-0.15, -0.1) is 0 Å². The van der Waals surface area contributed by atoms with Crippen molar-refractivity contribution in [2.75, 3.05) is 4.72 Å². The highest BCUT2D eigenvalue weighted by Crippen LogP contribution is 2.33. The summed E-state index contributed by atoms with van der Waals surface area (Å²) in [6.45, 7) is 4.58. The molecule has 0 atom stereocenters. The average Bonchev–Trinajstić information content (AvgIpc) is 3.26. The zero-order chi connectivity index (χ0) is 26.0. The van der Waals surface area contributed by atoms with E-state index in [1.165, 1.54) is 0 Å². The van der Waals surface area contributed by atoms with Crippen LogP contribution in [0, 0.1) is 6.92 Å². The van der Waals surface area contributed by atoms with Crippen LogP contribution in [-0.4, -0.2) is 29.3 Å². The minimum Gasteiger partial charge on any atom is -0.507 e. The molecule has 0 unspecified atom stereocenters. The number of phenolic OH excluding ortho intramolecular Hbond substituents is 1. The van der Waals surface area contributed by atoms with Crippen molar-refractivity contribution in [1.82, 2.24) is 9.55 Å². The topological polar surface area (TPSA) is 96.6 Å². The molecule has 0 amide bonds. The molecule has 4 aromatic carbocycles. The maximum atomic E-state index is 13.1. The van der Waals surface area contributed by atoms with Crippen molar-refractivity contribution >= 4 is 38.6 Å². The number of rotatable bonds is 7. The van der Waals surface area contributed by atoms with Crippen molar-refractivity contribution in [1.29, 1.82) is 0 Å². The zero-order valence-corrected chi connectivity index (χ0v) is 21.3. The van der Waals surface area contributed by atoms with E-state index < -0.39 is 10.0 Å². The third kappa shape index (κ3) is 4.96. The minimum atomic E-state index is -3.78. The number of sulfonamides is 1. The van der Waals surface area contributed by atoms with Crippen LogP contribution in [0.2, 0.25) is 0 Å². The van der Waals surface area contributed by atoms with E-state index in [1.54, 1.807) is 60.8 Å². The molecule has 0 saturated heterocycles. The Hall–Kier alpha value is -4.43. The summed E-state index contributed by atoms with van der Waals surface area (Å²) in [7, 11) is -3.78. The molecule has 5 rings (SSSR count). The lowest BCUT2D eigenvalue weighted by Crippen LogP contribution is -2.14. The minimum absolute atomic E-state index is 0.162. The van der Waals surface area contributed by atoms with Gasteiger partial charge in [0.15, 0.2) is 0 Å². The Morgan fingerprint density at radius 2 is 1.70 bits per heavy atom. The number of nitrogens with zero attached hydrogens (tertiary/aromatic N) is 3. The molecule has 8 heteroatoms. The lowest BCUT2D eigenvalue weighted by atomic mass is 10.1. The Morgan fingerprint density at radius 3 is 2.46 bits per heavy atom. The van der Waals surface area contributed by atoms with E-state index >= 15 is 0 Å². The highest BCUT2D eigenvalue weighted by atomic mass is 32.2. The Labute approximate surface area is 215 Å². The molecule has 0 fully saturated rings. The predicted octanol–water partition coefficient (Wildman–Crippen LogP) is 6.29. The maximum absolute atomic E-state index is 13.1. The van der Waals surface area contributed by atoms with Crippen LogP contribution in [0.4, 0.5) is 11.4 Å². The molecule has 0 spiro atoms. The van der Waals surface area contributed by atoms with Gasteiger partial charge in [-0.25, -0.2) is 13.4 Å². The van der Waals surface area contributed by atoms with Gasteiger partial charge in [-0.05, 0) is 68.4 Å². The quantitative estimate of drug-likeness (QED) is 0.252. The number of imidazole rings is 1. The van der Waals surface area contributed by atoms with Crippen molar-refractivity contribution in [3.05, 3.63) is 102 Å². The number of hydrogen-bond acceptors (Lipinski definition) is 5. The normalized spacial score (nSPS) is 11.8. The van der Waals surface area contributed by atoms with E-state index in [0.29, 0.717) is 34.9 Å². The summed E-state index contributed by atoms with van der Waals surface area (Å²) in [6, 6.07) is 26.7. The van der Waals surface area contributed by atoms with Crippen molar-refractivity contribution in [3.8, 4) is 17.1 Å². The number of aryl methyl sites for hydroxylation is 2. The second kappa shape index (κ2) is 9.91. The summed E-state index contributed by atoms with van der Waals surface area (Å²) in [5, 5.41) is 9.99. The van der Waals surface area contributed by atoms with Gasteiger partial charge >= 0.3 is 0 Å². The molecule has 37 heavy (non-hydrogen) atoms. The van der Waals surface area contributed by atoms with E-state index in [2.05, 4.69) is 9.71 Å². The van der Waals surface area contributed by atoms with Crippen molar-refractivity contribution in [2.24, 2.45) is 4.99 Å². The Kier molecular flexibility index (Phi) is 6.50. The van der Waals surface area contributed by atoms with Gasteiger partial charge in [-0.2, -0.15) is 0 Å². The summed E-state index contributed by atoms with van der Waals surface area (Å²) < 4.78 is 31.0. The van der Waals surface area contributed by atoms with E-state index in [0.717, 1.165) is 16.6 Å². The molecule has 0 saturated carbocycles. The molecular formula is C29H26N4O3S. The highest BCUT2D eigenvalue weighted by Gasteiger charge is 2.19. The molecular weight excluding hydrogens is 484 g/mol. The molecule has 0 bridgehead atoms. The number of phenols is 1. The van der Waals surface area contributed by atoms with E-state index in [-0.39, 0.29) is 10.6 Å². The van der Waals surface area contributed by atoms with Crippen molar-refractivity contribution < 1.29 is 13.5 Å². The van der Waals surface area contributed by atoms with Crippen LogP contribution in [0.3, 0.4) is 0 Å². The number of aromatic hydroxyl groups is 1. The smallest absolute Gasteiger partial charge is 0.261 e. The van der Waals surface area contributed by atoms with Crippen LogP contribution < -0.4 is 4.72 Å². The van der Waals surface area contributed by atoms with Crippen molar-refractivity contribution in [2.45, 2.75) is 25.3 Å². The van der Waals surface area contributed by atoms with Gasteiger partial charge < -0.3 is 9.67 Å². The zero-order valence-electron chi connectivity index (χ0n) is 20.5. The fraction of sp³-hybridized carbons (Fsp3) is 0.103. The first-order chi connectivity index (χ1) is 17.9. The van der Waals surface area contributed by atoms with Crippen molar-refractivity contribution in [3.63, 3.8) is 0 Å². The number of aliphatic imine (C=N–C) groups is 1. The summed E-state index contributed by atoms with van der Waals surface area (Å²) in [4.78, 5) is 9.57.